The monoisotopic (exact) mass is 497 g/mol. The average molecular weight is 498 g/mol. The van der Waals surface area contributed by atoms with Gasteiger partial charge in [-0.25, -0.2) is 4.79 Å². The van der Waals surface area contributed by atoms with Gasteiger partial charge in [0, 0.05) is 19.5 Å². The summed E-state index contributed by atoms with van der Waals surface area (Å²) in [6.45, 7) is 3.24. The normalized spacial score (nSPS) is 13.5. The highest BCUT2D eigenvalue weighted by Crippen LogP contribution is 2.29. The molecule has 0 heterocycles. The second-order valence-electron chi connectivity index (χ2n) is 10.4. The molecule has 0 saturated heterocycles. The lowest BCUT2D eigenvalue weighted by molar-refractivity contribution is -0.132. The third-order valence-corrected chi connectivity index (χ3v) is 7.60. The van der Waals surface area contributed by atoms with Crippen molar-refractivity contribution in [3.05, 3.63) is 95.1 Å². The zero-order valence-electron chi connectivity index (χ0n) is 22.0. The number of rotatable bonds is 12. The molecular formula is C33H39NO3. The van der Waals surface area contributed by atoms with Crippen LogP contribution in [0.25, 0.3) is 11.1 Å². The molecule has 1 amide bonds. The summed E-state index contributed by atoms with van der Waals surface area (Å²) in [7, 11) is 0. The van der Waals surface area contributed by atoms with Crippen LogP contribution in [-0.4, -0.2) is 21.9 Å². The van der Waals surface area contributed by atoms with Crippen LogP contribution in [0.15, 0.2) is 72.8 Å². The fraction of sp³-hybridized carbons (Fsp3) is 0.394. The van der Waals surface area contributed by atoms with Crippen LogP contribution >= 0.6 is 0 Å². The maximum atomic E-state index is 13.3. The van der Waals surface area contributed by atoms with Crippen molar-refractivity contribution >= 4 is 11.9 Å². The molecule has 194 valence electrons. The molecule has 0 aromatic heterocycles. The van der Waals surface area contributed by atoms with Gasteiger partial charge in [0.05, 0.1) is 5.56 Å². The van der Waals surface area contributed by atoms with Crippen molar-refractivity contribution in [1.29, 1.82) is 0 Å². The summed E-state index contributed by atoms with van der Waals surface area (Å²) in [5, 5.41) is 9.20. The van der Waals surface area contributed by atoms with Gasteiger partial charge >= 0.3 is 5.97 Å². The van der Waals surface area contributed by atoms with Crippen molar-refractivity contribution in [3.8, 4) is 11.1 Å². The Balaban J connectivity index is 1.44. The Labute approximate surface area is 221 Å². The van der Waals surface area contributed by atoms with Crippen LogP contribution in [-0.2, 0) is 24.3 Å². The van der Waals surface area contributed by atoms with Crippen LogP contribution in [0.2, 0.25) is 0 Å². The molecule has 1 N–H and O–H groups in total. The Morgan fingerprint density at radius 3 is 1.81 bits per heavy atom. The summed E-state index contributed by atoms with van der Waals surface area (Å²) >= 11 is 0. The highest BCUT2D eigenvalue weighted by molar-refractivity contribution is 5.87. The molecule has 4 rings (SSSR count). The minimum Gasteiger partial charge on any atom is -0.478 e. The SMILES string of the molecule is CCCCc1ccc(-c2ccc(CN(Cc3ccc(C(=O)O)cc3)C(=O)CCC3CCCC3)cc2)cc1. The van der Waals surface area contributed by atoms with Crippen molar-refractivity contribution < 1.29 is 14.7 Å². The number of carboxylic acids is 1. The van der Waals surface area contributed by atoms with Crippen LogP contribution in [0.3, 0.4) is 0 Å². The van der Waals surface area contributed by atoms with Gasteiger partial charge in [-0.2, -0.15) is 0 Å². The van der Waals surface area contributed by atoms with Crippen LogP contribution in [0, 0.1) is 5.92 Å². The lowest BCUT2D eigenvalue weighted by atomic mass is 10.00. The second kappa shape index (κ2) is 13.2. The van der Waals surface area contributed by atoms with Crippen LogP contribution in [0.4, 0.5) is 0 Å². The summed E-state index contributed by atoms with van der Waals surface area (Å²) in [6, 6.07) is 24.2. The minimum absolute atomic E-state index is 0.168. The Morgan fingerprint density at radius 1 is 0.784 bits per heavy atom. The highest BCUT2D eigenvalue weighted by Gasteiger charge is 2.20. The lowest BCUT2D eigenvalue weighted by Crippen LogP contribution is -2.30. The quantitative estimate of drug-likeness (QED) is 0.277. The Kier molecular flexibility index (Phi) is 9.53. The molecular weight excluding hydrogens is 458 g/mol. The number of amides is 1. The molecule has 0 atom stereocenters. The molecule has 0 bridgehead atoms. The number of benzene rings is 3. The van der Waals surface area contributed by atoms with E-state index in [1.807, 2.05) is 17.0 Å². The van der Waals surface area contributed by atoms with E-state index in [1.165, 1.54) is 55.2 Å². The van der Waals surface area contributed by atoms with Gasteiger partial charge in [0.1, 0.15) is 0 Å². The van der Waals surface area contributed by atoms with E-state index >= 15 is 0 Å². The van der Waals surface area contributed by atoms with E-state index in [2.05, 4.69) is 55.5 Å². The third kappa shape index (κ3) is 7.79. The first-order valence-electron chi connectivity index (χ1n) is 13.8. The van der Waals surface area contributed by atoms with E-state index in [0.717, 1.165) is 24.0 Å². The van der Waals surface area contributed by atoms with Gasteiger partial charge in [0.15, 0.2) is 0 Å². The van der Waals surface area contributed by atoms with Gasteiger partial charge in [-0.1, -0.05) is 99.7 Å². The maximum absolute atomic E-state index is 13.3. The van der Waals surface area contributed by atoms with Crippen LogP contribution in [0.1, 0.15) is 85.3 Å². The summed E-state index contributed by atoms with van der Waals surface area (Å²) in [6.07, 6.45) is 10.1. The summed E-state index contributed by atoms with van der Waals surface area (Å²) < 4.78 is 0. The largest absolute Gasteiger partial charge is 0.478 e. The third-order valence-electron chi connectivity index (χ3n) is 7.60. The Bertz CT molecular complexity index is 1140. The number of aryl methyl sites for hydroxylation is 1. The lowest BCUT2D eigenvalue weighted by Gasteiger charge is -2.24. The number of unbranched alkanes of at least 4 members (excludes halogenated alkanes) is 1. The van der Waals surface area contributed by atoms with Gasteiger partial charge in [-0.15, -0.1) is 0 Å². The van der Waals surface area contributed by atoms with Gasteiger partial charge in [0.2, 0.25) is 5.91 Å². The van der Waals surface area contributed by atoms with Crippen molar-refractivity contribution in [2.45, 2.75) is 77.8 Å². The zero-order chi connectivity index (χ0) is 26.0. The molecule has 0 radical (unpaired) electrons. The fourth-order valence-corrected chi connectivity index (χ4v) is 5.26. The molecule has 1 saturated carbocycles. The molecule has 4 heteroatoms. The Hall–Kier alpha value is -3.40. The van der Waals surface area contributed by atoms with Gasteiger partial charge in [-0.05, 0) is 65.1 Å². The maximum Gasteiger partial charge on any atom is 0.335 e. The van der Waals surface area contributed by atoms with Crippen LogP contribution < -0.4 is 0 Å². The number of carbonyl (C=O) groups excluding carboxylic acids is 1. The van der Waals surface area contributed by atoms with E-state index in [-0.39, 0.29) is 11.5 Å². The molecule has 4 nitrogen and oxygen atoms in total. The van der Waals surface area contributed by atoms with Crippen molar-refractivity contribution in [2.24, 2.45) is 5.92 Å². The number of hydrogen-bond donors (Lipinski definition) is 1. The molecule has 1 aliphatic carbocycles. The number of hydrogen-bond acceptors (Lipinski definition) is 2. The topological polar surface area (TPSA) is 57.6 Å². The zero-order valence-corrected chi connectivity index (χ0v) is 22.0. The van der Waals surface area contributed by atoms with E-state index in [9.17, 15) is 14.7 Å². The molecule has 1 aliphatic rings. The molecule has 3 aromatic rings. The van der Waals surface area contributed by atoms with E-state index < -0.39 is 5.97 Å². The standard InChI is InChI=1S/C33H39NO3/c1-2-3-6-26-9-16-29(17-10-26)30-18-11-27(12-19-30)23-34(32(35)22-15-25-7-4-5-8-25)24-28-13-20-31(21-14-28)33(36)37/h9-14,16-21,25H,2-8,15,22-24H2,1H3,(H,36,37). The smallest absolute Gasteiger partial charge is 0.335 e. The van der Waals surface area contributed by atoms with Crippen molar-refractivity contribution in [1.82, 2.24) is 4.90 Å². The molecule has 3 aromatic carbocycles. The van der Waals surface area contributed by atoms with Gasteiger partial charge < -0.3 is 10.0 Å². The molecule has 0 aliphatic heterocycles. The highest BCUT2D eigenvalue weighted by atomic mass is 16.4. The van der Waals surface area contributed by atoms with Gasteiger partial charge in [0.25, 0.3) is 0 Å². The molecule has 37 heavy (non-hydrogen) atoms. The summed E-state index contributed by atoms with van der Waals surface area (Å²) in [4.78, 5) is 26.4. The molecule has 0 unspecified atom stereocenters. The first-order valence-corrected chi connectivity index (χ1v) is 13.8. The summed E-state index contributed by atoms with van der Waals surface area (Å²) in [5.74, 6) is -0.0963. The average Bonchev–Trinajstić information content (AvgIpc) is 3.45. The minimum atomic E-state index is -0.938. The van der Waals surface area contributed by atoms with Crippen LogP contribution in [0.5, 0.6) is 0 Å². The Morgan fingerprint density at radius 2 is 1.30 bits per heavy atom. The van der Waals surface area contributed by atoms with E-state index in [0.29, 0.717) is 25.4 Å². The van der Waals surface area contributed by atoms with E-state index in [1.54, 1.807) is 12.1 Å². The second-order valence-corrected chi connectivity index (χ2v) is 10.4. The molecule has 1 fully saturated rings. The molecule has 0 spiro atoms. The first-order chi connectivity index (χ1) is 18.0. The number of carbonyl (C=O) groups is 2. The predicted molar refractivity (Wildman–Crippen MR) is 149 cm³/mol. The van der Waals surface area contributed by atoms with Crippen molar-refractivity contribution in [3.63, 3.8) is 0 Å². The van der Waals surface area contributed by atoms with Crippen molar-refractivity contribution in [2.75, 3.05) is 0 Å². The number of nitrogens with zero attached hydrogens (tertiary/aromatic N) is 1. The van der Waals surface area contributed by atoms with Gasteiger partial charge in [-0.3, -0.25) is 4.79 Å². The predicted octanol–water partition coefficient (Wildman–Crippen LogP) is 7.89. The summed E-state index contributed by atoms with van der Waals surface area (Å²) in [5.41, 5.74) is 6.06. The fourth-order valence-electron chi connectivity index (χ4n) is 5.26. The first kappa shape index (κ1) is 26.7. The number of aromatic carboxylic acids is 1. The number of carboxylic acid groups (broad SMARTS) is 1. The van der Waals surface area contributed by atoms with E-state index in [4.69, 9.17) is 0 Å².